The molecule has 0 saturated heterocycles. The van der Waals surface area contributed by atoms with E-state index in [4.69, 9.17) is 0 Å². The number of hydrogen-bond donors (Lipinski definition) is 0. The Morgan fingerprint density at radius 1 is 1.24 bits per heavy atom. The van der Waals surface area contributed by atoms with Crippen LogP contribution in [0.2, 0.25) is 0 Å². The van der Waals surface area contributed by atoms with Crippen LogP contribution in [0, 0.1) is 15.9 Å². The smallest absolute Gasteiger partial charge is 0.302 e. The summed E-state index contributed by atoms with van der Waals surface area (Å²) in [5, 5.41) is 10.7. The SMILES string of the molecule is O=C(Cc1ccc(F)cc1)Cn1cccc([N+](=O)[O-])c1=O. The van der Waals surface area contributed by atoms with Crippen LogP contribution in [0.1, 0.15) is 5.56 Å². The van der Waals surface area contributed by atoms with E-state index in [-0.39, 0.29) is 18.7 Å². The molecule has 0 fully saturated rings. The highest BCUT2D eigenvalue weighted by Gasteiger charge is 2.15. The summed E-state index contributed by atoms with van der Waals surface area (Å²) in [6, 6.07) is 7.85. The number of rotatable bonds is 5. The average molecular weight is 290 g/mol. The van der Waals surface area contributed by atoms with Gasteiger partial charge in [-0.3, -0.25) is 19.7 Å². The first-order chi connectivity index (χ1) is 9.97. The summed E-state index contributed by atoms with van der Waals surface area (Å²) in [4.78, 5) is 33.5. The molecule has 21 heavy (non-hydrogen) atoms. The average Bonchev–Trinajstić information content (AvgIpc) is 2.43. The van der Waals surface area contributed by atoms with Crippen molar-refractivity contribution < 1.29 is 14.1 Å². The zero-order valence-corrected chi connectivity index (χ0v) is 10.9. The third kappa shape index (κ3) is 3.59. The van der Waals surface area contributed by atoms with Crippen LogP contribution in [0.3, 0.4) is 0 Å². The normalized spacial score (nSPS) is 10.3. The second kappa shape index (κ2) is 6.08. The Morgan fingerprint density at radius 2 is 1.90 bits per heavy atom. The van der Waals surface area contributed by atoms with Crippen molar-refractivity contribution in [2.45, 2.75) is 13.0 Å². The number of pyridine rings is 1. The van der Waals surface area contributed by atoms with E-state index in [9.17, 15) is 24.1 Å². The van der Waals surface area contributed by atoms with Gasteiger partial charge >= 0.3 is 11.2 Å². The lowest BCUT2D eigenvalue weighted by Crippen LogP contribution is -2.26. The fourth-order valence-electron chi connectivity index (χ4n) is 1.86. The zero-order chi connectivity index (χ0) is 15.4. The lowest BCUT2D eigenvalue weighted by molar-refractivity contribution is -0.386. The maximum Gasteiger partial charge on any atom is 0.334 e. The molecule has 1 heterocycles. The summed E-state index contributed by atoms with van der Waals surface area (Å²) in [7, 11) is 0. The first-order valence-electron chi connectivity index (χ1n) is 6.07. The predicted octanol–water partition coefficient (Wildman–Crippen LogP) is 1.71. The summed E-state index contributed by atoms with van der Waals surface area (Å²) in [6.07, 6.45) is 1.34. The van der Waals surface area contributed by atoms with E-state index in [1.807, 2.05) is 0 Å². The van der Waals surface area contributed by atoms with E-state index in [1.165, 1.54) is 36.5 Å². The van der Waals surface area contributed by atoms with Gasteiger partial charge < -0.3 is 4.57 Å². The van der Waals surface area contributed by atoms with Gasteiger partial charge in [-0.25, -0.2) is 4.39 Å². The molecule has 0 spiro atoms. The molecule has 0 atom stereocenters. The Morgan fingerprint density at radius 3 is 2.52 bits per heavy atom. The molecule has 0 aliphatic heterocycles. The number of aromatic nitrogens is 1. The molecule has 0 amide bonds. The van der Waals surface area contributed by atoms with Gasteiger partial charge in [-0.05, 0) is 23.8 Å². The van der Waals surface area contributed by atoms with Crippen molar-refractivity contribution in [1.82, 2.24) is 4.57 Å². The van der Waals surface area contributed by atoms with Crippen LogP contribution in [0.5, 0.6) is 0 Å². The van der Waals surface area contributed by atoms with Gasteiger partial charge in [-0.15, -0.1) is 0 Å². The third-order valence-corrected chi connectivity index (χ3v) is 2.86. The van der Waals surface area contributed by atoms with Crippen molar-refractivity contribution in [3.8, 4) is 0 Å². The highest BCUT2D eigenvalue weighted by molar-refractivity contribution is 5.80. The number of carbonyl (C=O) groups excluding carboxylic acids is 1. The van der Waals surface area contributed by atoms with Crippen molar-refractivity contribution >= 4 is 11.5 Å². The van der Waals surface area contributed by atoms with Gasteiger partial charge in [-0.1, -0.05) is 12.1 Å². The van der Waals surface area contributed by atoms with E-state index in [0.29, 0.717) is 5.56 Å². The van der Waals surface area contributed by atoms with Gasteiger partial charge in [0.15, 0.2) is 5.78 Å². The van der Waals surface area contributed by atoms with Crippen LogP contribution in [-0.2, 0) is 17.8 Å². The number of ketones is 1. The molecule has 6 nitrogen and oxygen atoms in total. The molecule has 0 unspecified atom stereocenters. The summed E-state index contributed by atoms with van der Waals surface area (Å²) in [5.74, 6) is -0.703. The predicted molar refractivity (Wildman–Crippen MR) is 72.5 cm³/mol. The Balaban J connectivity index is 2.13. The molecular weight excluding hydrogens is 279 g/mol. The molecule has 1 aromatic heterocycles. The Kier molecular flexibility index (Phi) is 4.22. The van der Waals surface area contributed by atoms with Gasteiger partial charge in [0.25, 0.3) is 0 Å². The van der Waals surface area contributed by atoms with Gasteiger partial charge in [0.2, 0.25) is 0 Å². The lowest BCUT2D eigenvalue weighted by Gasteiger charge is -2.05. The maximum atomic E-state index is 12.7. The first kappa shape index (κ1) is 14.6. The van der Waals surface area contributed by atoms with Crippen molar-refractivity contribution in [2.75, 3.05) is 0 Å². The summed E-state index contributed by atoms with van der Waals surface area (Å²) in [6.45, 7) is -0.266. The van der Waals surface area contributed by atoms with E-state index in [2.05, 4.69) is 0 Å². The second-order valence-electron chi connectivity index (χ2n) is 4.43. The maximum absolute atomic E-state index is 12.7. The number of carbonyl (C=O) groups is 1. The molecule has 0 saturated carbocycles. The van der Waals surface area contributed by atoms with E-state index in [1.54, 1.807) is 0 Å². The van der Waals surface area contributed by atoms with Crippen LogP contribution in [0.25, 0.3) is 0 Å². The highest BCUT2D eigenvalue weighted by atomic mass is 19.1. The third-order valence-electron chi connectivity index (χ3n) is 2.86. The number of hydrogen-bond acceptors (Lipinski definition) is 4. The van der Waals surface area contributed by atoms with Crippen molar-refractivity contribution in [3.05, 3.63) is 74.4 Å². The number of nitro groups is 1. The van der Waals surface area contributed by atoms with Crippen molar-refractivity contribution in [1.29, 1.82) is 0 Å². The molecule has 0 aliphatic rings. The van der Waals surface area contributed by atoms with Crippen LogP contribution < -0.4 is 5.56 Å². The van der Waals surface area contributed by atoms with E-state index in [0.717, 1.165) is 10.6 Å². The van der Waals surface area contributed by atoms with Gasteiger partial charge in [-0.2, -0.15) is 0 Å². The quantitative estimate of drug-likeness (QED) is 0.620. The van der Waals surface area contributed by atoms with Gasteiger partial charge in [0, 0.05) is 18.7 Å². The molecule has 0 aliphatic carbocycles. The molecule has 108 valence electrons. The molecule has 0 radical (unpaired) electrons. The fourth-order valence-corrected chi connectivity index (χ4v) is 1.86. The fraction of sp³-hybridized carbons (Fsp3) is 0.143. The second-order valence-corrected chi connectivity index (χ2v) is 4.43. The summed E-state index contributed by atoms with van der Waals surface area (Å²) >= 11 is 0. The Bertz CT molecular complexity index is 737. The summed E-state index contributed by atoms with van der Waals surface area (Å²) in [5.41, 5.74) is -0.790. The first-order valence-corrected chi connectivity index (χ1v) is 6.07. The van der Waals surface area contributed by atoms with Gasteiger partial charge in [0.05, 0.1) is 11.5 Å². The van der Waals surface area contributed by atoms with Crippen molar-refractivity contribution in [3.63, 3.8) is 0 Å². The molecule has 0 N–H and O–H groups in total. The van der Waals surface area contributed by atoms with Crippen LogP contribution in [0.15, 0.2) is 47.4 Å². The molecule has 2 aromatic rings. The van der Waals surface area contributed by atoms with Crippen LogP contribution >= 0.6 is 0 Å². The lowest BCUT2D eigenvalue weighted by atomic mass is 10.1. The minimum atomic E-state index is -0.824. The van der Waals surface area contributed by atoms with Crippen LogP contribution in [0.4, 0.5) is 10.1 Å². The summed E-state index contributed by atoms with van der Waals surface area (Å²) < 4.78 is 13.7. The molecule has 0 bridgehead atoms. The monoisotopic (exact) mass is 290 g/mol. The number of halogens is 1. The standard InChI is InChI=1S/C14H11FN2O4/c15-11-5-3-10(4-6-11)8-12(18)9-16-7-1-2-13(14(16)19)17(20)21/h1-7H,8-9H2. The molecule has 7 heteroatoms. The minimum absolute atomic E-state index is 0.0232. The zero-order valence-electron chi connectivity index (χ0n) is 10.9. The highest BCUT2D eigenvalue weighted by Crippen LogP contribution is 2.06. The molecular formula is C14H11FN2O4. The van der Waals surface area contributed by atoms with Crippen molar-refractivity contribution in [2.24, 2.45) is 0 Å². The molecule has 1 aromatic carbocycles. The topological polar surface area (TPSA) is 82.2 Å². The van der Waals surface area contributed by atoms with E-state index >= 15 is 0 Å². The number of benzene rings is 1. The Labute approximate surface area is 118 Å². The molecule has 2 rings (SSSR count). The van der Waals surface area contributed by atoms with Crippen LogP contribution in [-0.4, -0.2) is 15.3 Å². The van der Waals surface area contributed by atoms with E-state index < -0.39 is 22.0 Å². The Hall–Kier alpha value is -2.83. The van der Waals surface area contributed by atoms with Gasteiger partial charge in [0.1, 0.15) is 5.82 Å². The number of Topliss-reactive ketones (excluding diaryl/α,β-unsaturated/α-hetero) is 1. The largest absolute Gasteiger partial charge is 0.334 e. The number of nitrogens with zero attached hydrogens (tertiary/aromatic N) is 2. The minimum Gasteiger partial charge on any atom is -0.302 e.